The summed E-state index contributed by atoms with van der Waals surface area (Å²) in [5.74, 6) is -0.947. The molecule has 7 heteroatoms. The molecule has 2 rings (SSSR count). The van der Waals surface area contributed by atoms with Crippen LogP contribution in [0.4, 0.5) is 10.5 Å². The number of hydrogen-bond donors (Lipinski definition) is 4. The number of rotatable bonds is 6. The summed E-state index contributed by atoms with van der Waals surface area (Å²) in [6.45, 7) is 0.628. The zero-order chi connectivity index (χ0) is 15.2. The topological polar surface area (TPSA) is 108 Å². The van der Waals surface area contributed by atoms with Crippen LogP contribution in [0.5, 0.6) is 0 Å². The van der Waals surface area contributed by atoms with Gasteiger partial charge in [-0.05, 0) is 25.0 Å². The largest absolute Gasteiger partial charge is 0.478 e. The molecule has 0 aliphatic heterocycles. The number of aromatic carboxylic acids is 1. The zero-order valence-electron chi connectivity index (χ0n) is 11.4. The number of hydrogen-bond acceptors (Lipinski definition) is 3. The Labute approximate surface area is 121 Å². The molecule has 1 saturated carbocycles. The quantitative estimate of drug-likeness (QED) is 0.587. The summed E-state index contributed by atoms with van der Waals surface area (Å²) in [5.41, 5.74) is 0.249. The maximum Gasteiger partial charge on any atom is 0.337 e. The van der Waals surface area contributed by atoms with Crippen molar-refractivity contribution in [2.45, 2.75) is 12.8 Å². The van der Waals surface area contributed by atoms with Gasteiger partial charge in [-0.3, -0.25) is 4.79 Å². The first-order chi connectivity index (χ1) is 10.1. The molecule has 7 nitrogen and oxygen atoms in total. The molecule has 112 valence electrons. The molecule has 4 N–H and O–H groups in total. The second-order valence-electron chi connectivity index (χ2n) is 4.80. The Hall–Kier alpha value is -2.57. The Morgan fingerprint density at radius 2 is 1.76 bits per heavy atom. The van der Waals surface area contributed by atoms with E-state index in [0.29, 0.717) is 6.54 Å². The molecule has 0 bridgehead atoms. The summed E-state index contributed by atoms with van der Waals surface area (Å²) in [7, 11) is 0. The van der Waals surface area contributed by atoms with E-state index in [-0.39, 0.29) is 29.6 Å². The second kappa shape index (κ2) is 6.74. The normalized spacial score (nSPS) is 13.3. The fourth-order valence-corrected chi connectivity index (χ4v) is 1.80. The van der Waals surface area contributed by atoms with E-state index in [2.05, 4.69) is 16.0 Å². The molecule has 0 aromatic heterocycles. The molecule has 1 fully saturated rings. The van der Waals surface area contributed by atoms with Crippen molar-refractivity contribution in [2.24, 2.45) is 5.92 Å². The van der Waals surface area contributed by atoms with Crippen LogP contribution in [-0.2, 0) is 4.79 Å². The number of nitrogens with one attached hydrogen (secondary N) is 3. The van der Waals surface area contributed by atoms with Gasteiger partial charge in [0.25, 0.3) is 0 Å². The number of anilines is 1. The molecule has 1 aromatic rings. The monoisotopic (exact) mass is 291 g/mol. The molecule has 1 aliphatic rings. The van der Waals surface area contributed by atoms with Crippen LogP contribution in [0.15, 0.2) is 24.3 Å². The first-order valence-corrected chi connectivity index (χ1v) is 6.73. The highest BCUT2D eigenvalue weighted by atomic mass is 16.4. The van der Waals surface area contributed by atoms with Crippen LogP contribution in [0, 0.1) is 5.92 Å². The van der Waals surface area contributed by atoms with Crippen molar-refractivity contribution in [2.75, 3.05) is 18.4 Å². The average Bonchev–Trinajstić information content (AvgIpc) is 3.28. The summed E-state index contributed by atoms with van der Waals surface area (Å²) in [6, 6.07) is 5.63. The second-order valence-corrected chi connectivity index (χ2v) is 4.80. The average molecular weight is 291 g/mol. The van der Waals surface area contributed by atoms with Crippen molar-refractivity contribution in [3.63, 3.8) is 0 Å². The van der Waals surface area contributed by atoms with Crippen LogP contribution < -0.4 is 16.0 Å². The van der Waals surface area contributed by atoms with Gasteiger partial charge in [-0.15, -0.1) is 0 Å². The minimum Gasteiger partial charge on any atom is -0.478 e. The van der Waals surface area contributed by atoms with Gasteiger partial charge >= 0.3 is 12.0 Å². The lowest BCUT2D eigenvalue weighted by Gasteiger charge is -2.10. The fraction of sp³-hybridized carbons (Fsp3) is 0.357. The van der Waals surface area contributed by atoms with Crippen LogP contribution in [0.3, 0.4) is 0 Å². The fourth-order valence-electron chi connectivity index (χ4n) is 1.80. The van der Waals surface area contributed by atoms with E-state index in [1.807, 2.05) is 0 Å². The van der Waals surface area contributed by atoms with E-state index in [1.54, 1.807) is 12.1 Å². The third kappa shape index (κ3) is 4.48. The van der Waals surface area contributed by atoms with Crippen LogP contribution >= 0.6 is 0 Å². The molecular weight excluding hydrogens is 274 g/mol. The summed E-state index contributed by atoms with van der Waals surface area (Å²) in [6.07, 6.45) is 1.87. The number of para-hydroxylation sites is 1. The van der Waals surface area contributed by atoms with Gasteiger partial charge in [0.2, 0.25) is 5.91 Å². The molecule has 0 spiro atoms. The summed E-state index contributed by atoms with van der Waals surface area (Å²) in [5, 5.41) is 16.7. The molecule has 1 aliphatic carbocycles. The van der Waals surface area contributed by atoms with E-state index in [9.17, 15) is 14.4 Å². The van der Waals surface area contributed by atoms with E-state index in [4.69, 9.17) is 5.11 Å². The van der Waals surface area contributed by atoms with Crippen molar-refractivity contribution in [3.05, 3.63) is 29.8 Å². The maximum absolute atomic E-state index is 11.7. The highest BCUT2D eigenvalue weighted by Gasteiger charge is 2.28. The van der Waals surface area contributed by atoms with Crippen LogP contribution in [0.25, 0.3) is 0 Å². The van der Waals surface area contributed by atoms with Gasteiger partial charge in [-0.25, -0.2) is 9.59 Å². The molecule has 21 heavy (non-hydrogen) atoms. The Morgan fingerprint density at radius 3 is 2.43 bits per heavy atom. The van der Waals surface area contributed by atoms with E-state index in [1.165, 1.54) is 12.1 Å². The van der Waals surface area contributed by atoms with E-state index in [0.717, 1.165) is 12.8 Å². The zero-order valence-corrected chi connectivity index (χ0v) is 11.4. The molecular formula is C14H17N3O4. The smallest absolute Gasteiger partial charge is 0.337 e. The summed E-state index contributed by atoms with van der Waals surface area (Å²) >= 11 is 0. The van der Waals surface area contributed by atoms with Gasteiger partial charge in [0.1, 0.15) is 0 Å². The lowest BCUT2D eigenvalue weighted by atomic mass is 10.2. The predicted molar refractivity (Wildman–Crippen MR) is 76.2 cm³/mol. The third-order valence-corrected chi connectivity index (χ3v) is 3.06. The van der Waals surface area contributed by atoms with Gasteiger partial charge in [-0.2, -0.15) is 0 Å². The number of benzene rings is 1. The highest BCUT2D eigenvalue weighted by Crippen LogP contribution is 2.28. The number of carbonyl (C=O) groups excluding carboxylic acids is 2. The minimum atomic E-state index is -1.11. The molecule has 0 atom stereocenters. The Kier molecular flexibility index (Phi) is 4.76. The Morgan fingerprint density at radius 1 is 1.10 bits per heavy atom. The minimum absolute atomic E-state index is 0.0217. The Bertz CT molecular complexity index is 555. The SMILES string of the molecule is O=C(NCCNC(=O)C1CC1)Nc1ccccc1C(=O)O. The van der Waals surface area contributed by atoms with Gasteiger partial charge in [0.15, 0.2) is 0 Å². The van der Waals surface area contributed by atoms with Crippen LogP contribution in [0.2, 0.25) is 0 Å². The van der Waals surface area contributed by atoms with Crippen LogP contribution in [-0.4, -0.2) is 36.1 Å². The van der Waals surface area contributed by atoms with E-state index >= 15 is 0 Å². The Balaban J connectivity index is 1.74. The summed E-state index contributed by atoms with van der Waals surface area (Å²) in [4.78, 5) is 34.0. The van der Waals surface area contributed by atoms with Gasteiger partial charge < -0.3 is 21.1 Å². The third-order valence-electron chi connectivity index (χ3n) is 3.06. The van der Waals surface area contributed by atoms with Crippen molar-refractivity contribution in [1.29, 1.82) is 0 Å². The van der Waals surface area contributed by atoms with Gasteiger partial charge in [0.05, 0.1) is 11.3 Å². The molecule has 0 radical (unpaired) electrons. The maximum atomic E-state index is 11.7. The van der Waals surface area contributed by atoms with Gasteiger partial charge in [-0.1, -0.05) is 12.1 Å². The molecule has 3 amide bonds. The van der Waals surface area contributed by atoms with Crippen molar-refractivity contribution in [3.8, 4) is 0 Å². The molecule has 0 unspecified atom stereocenters. The first kappa shape index (κ1) is 14.8. The standard InChI is InChI=1S/C14H17N3O4/c18-12(9-5-6-9)15-7-8-16-14(21)17-11-4-2-1-3-10(11)13(19)20/h1-4,9H,5-8H2,(H,15,18)(H,19,20)(H2,16,17,21). The number of urea groups is 1. The first-order valence-electron chi connectivity index (χ1n) is 6.73. The molecule has 0 heterocycles. The number of amides is 3. The predicted octanol–water partition coefficient (Wildman–Crippen LogP) is 1.03. The summed E-state index contributed by atoms with van der Waals surface area (Å²) < 4.78 is 0. The number of carboxylic acids is 1. The van der Waals surface area contributed by atoms with Crippen LogP contribution in [0.1, 0.15) is 23.2 Å². The van der Waals surface area contributed by atoms with E-state index < -0.39 is 12.0 Å². The van der Waals surface area contributed by atoms with Crippen molar-refractivity contribution >= 4 is 23.6 Å². The lowest BCUT2D eigenvalue weighted by molar-refractivity contribution is -0.122. The van der Waals surface area contributed by atoms with Crippen molar-refractivity contribution < 1.29 is 19.5 Å². The van der Waals surface area contributed by atoms with Gasteiger partial charge in [0, 0.05) is 19.0 Å². The molecule has 1 aromatic carbocycles. The number of carboxylic acid groups (broad SMARTS) is 1. The highest BCUT2D eigenvalue weighted by molar-refractivity contribution is 5.99. The molecule has 0 saturated heterocycles. The lowest BCUT2D eigenvalue weighted by Crippen LogP contribution is -2.37. The van der Waals surface area contributed by atoms with Crippen molar-refractivity contribution in [1.82, 2.24) is 10.6 Å². The number of carbonyl (C=O) groups is 3.